The molecule has 1 aliphatic rings. The molecule has 0 radical (unpaired) electrons. The van der Waals surface area contributed by atoms with Crippen LogP contribution in [0.4, 0.5) is 22.0 Å². The van der Waals surface area contributed by atoms with Gasteiger partial charge in [-0.3, -0.25) is 4.79 Å². The third-order valence-corrected chi connectivity index (χ3v) is 3.22. The first-order chi connectivity index (χ1) is 9.20. The van der Waals surface area contributed by atoms with Crippen molar-refractivity contribution in [2.24, 2.45) is 0 Å². The molecule has 0 atom stereocenters. The minimum absolute atomic E-state index is 0.221. The van der Waals surface area contributed by atoms with Gasteiger partial charge in [-0.15, -0.1) is 0 Å². The van der Waals surface area contributed by atoms with E-state index in [-0.39, 0.29) is 18.7 Å². The predicted octanol–water partition coefficient (Wildman–Crippen LogP) is 3.18. The van der Waals surface area contributed by atoms with E-state index < -0.39 is 36.4 Å². The van der Waals surface area contributed by atoms with Crippen LogP contribution in [0.5, 0.6) is 0 Å². The van der Waals surface area contributed by atoms with Crippen LogP contribution in [-0.2, 0) is 10.5 Å². The summed E-state index contributed by atoms with van der Waals surface area (Å²) in [5.41, 5.74) is -1.58. The Morgan fingerprint density at radius 1 is 1.20 bits per heavy atom. The molecular weight excluding hydrogens is 281 g/mol. The number of likely N-dealkylation sites (tertiary alicyclic amines) is 1. The van der Waals surface area contributed by atoms with Crippen LogP contribution in [0.25, 0.3) is 0 Å². The van der Waals surface area contributed by atoms with Crippen LogP contribution < -0.4 is 0 Å². The average Bonchev–Trinajstić information content (AvgIpc) is 2.32. The Balaban J connectivity index is 1.90. The van der Waals surface area contributed by atoms with Crippen molar-refractivity contribution in [3.8, 4) is 0 Å². The summed E-state index contributed by atoms with van der Waals surface area (Å²) in [5, 5.41) is 0. The first kappa shape index (κ1) is 14.7. The van der Waals surface area contributed by atoms with Crippen LogP contribution in [0.3, 0.4) is 0 Å². The highest BCUT2D eigenvalue weighted by atomic mass is 19.4. The average molecular weight is 293 g/mol. The zero-order valence-electron chi connectivity index (χ0n) is 10.4. The van der Waals surface area contributed by atoms with Crippen LogP contribution in [0, 0.1) is 5.82 Å². The second-order valence-electron chi connectivity index (χ2n) is 4.84. The van der Waals surface area contributed by atoms with Gasteiger partial charge in [-0.1, -0.05) is 12.1 Å². The molecule has 0 saturated carbocycles. The quantitative estimate of drug-likeness (QED) is 0.784. The fraction of sp³-hybridized carbons (Fsp3) is 0.462. The van der Waals surface area contributed by atoms with Crippen molar-refractivity contribution in [1.82, 2.24) is 4.90 Å². The molecule has 0 aliphatic carbocycles. The Kier molecular flexibility index (Phi) is 3.71. The standard InChI is InChI=1S/C13H12F5NO/c14-10-3-1-9(2-4-10)12(15)7-19(8-12)11(20)5-6-13(16,17)18/h1-4H,5-8H2. The molecular formula is C13H12F5NO. The van der Waals surface area contributed by atoms with Crippen molar-refractivity contribution >= 4 is 5.91 Å². The molecule has 20 heavy (non-hydrogen) atoms. The van der Waals surface area contributed by atoms with Crippen molar-refractivity contribution in [3.05, 3.63) is 35.6 Å². The van der Waals surface area contributed by atoms with E-state index in [1.54, 1.807) is 0 Å². The number of carbonyl (C=O) groups is 1. The monoisotopic (exact) mass is 293 g/mol. The van der Waals surface area contributed by atoms with Gasteiger partial charge in [0.05, 0.1) is 19.5 Å². The van der Waals surface area contributed by atoms with Crippen LogP contribution in [0.2, 0.25) is 0 Å². The van der Waals surface area contributed by atoms with Gasteiger partial charge in [0.25, 0.3) is 0 Å². The number of carbonyl (C=O) groups excluding carboxylic acids is 1. The molecule has 1 saturated heterocycles. The lowest BCUT2D eigenvalue weighted by atomic mass is 9.87. The zero-order chi connectivity index (χ0) is 15.0. The van der Waals surface area contributed by atoms with Crippen LogP contribution in [0.15, 0.2) is 24.3 Å². The van der Waals surface area contributed by atoms with Crippen LogP contribution >= 0.6 is 0 Å². The van der Waals surface area contributed by atoms with Crippen molar-refractivity contribution < 1.29 is 26.7 Å². The third-order valence-electron chi connectivity index (χ3n) is 3.22. The number of nitrogens with zero attached hydrogens (tertiary/aromatic N) is 1. The number of halogens is 5. The molecule has 1 aliphatic heterocycles. The van der Waals surface area contributed by atoms with Gasteiger partial charge in [0, 0.05) is 6.42 Å². The molecule has 1 aromatic rings. The van der Waals surface area contributed by atoms with Gasteiger partial charge in [-0.05, 0) is 17.7 Å². The predicted molar refractivity (Wildman–Crippen MR) is 61.1 cm³/mol. The highest BCUT2D eigenvalue weighted by Gasteiger charge is 2.47. The molecule has 0 aromatic heterocycles. The minimum atomic E-state index is -4.40. The smallest absolute Gasteiger partial charge is 0.335 e. The number of alkyl halides is 4. The van der Waals surface area contributed by atoms with Crippen LogP contribution in [0.1, 0.15) is 18.4 Å². The van der Waals surface area contributed by atoms with Gasteiger partial charge in [0.1, 0.15) is 5.82 Å². The summed E-state index contributed by atoms with van der Waals surface area (Å²) < 4.78 is 63.0. The number of amides is 1. The van der Waals surface area contributed by atoms with E-state index >= 15 is 0 Å². The molecule has 1 fully saturated rings. The number of benzene rings is 1. The Labute approximate surface area is 112 Å². The maximum atomic E-state index is 14.3. The molecule has 0 bridgehead atoms. The first-order valence-corrected chi connectivity index (χ1v) is 5.99. The molecule has 7 heteroatoms. The Morgan fingerprint density at radius 2 is 1.75 bits per heavy atom. The van der Waals surface area contributed by atoms with E-state index in [0.717, 1.165) is 17.0 Å². The van der Waals surface area contributed by atoms with Crippen molar-refractivity contribution in [3.63, 3.8) is 0 Å². The molecule has 1 aromatic carbocycles. The molecule has 0 spiro atoms. The maximum Gasteiger partial charge on any atom is 0.389 e. The highest BCUT2D eigenvalue weighted by Crippen LogP contribution is 2.37. The molecule has 110 valence electrons. The van der Waals surface area contributed by atoms with E-state index in [2.05, 4.69) is 0 Å². The lowest BCUT2D eigenvalue weighted by Gasteiger charge is -2.44. The number of hydrogen-bond acceptors (Lipinski definition) is 1. The molecule has 0 N–H and O–H groups in total. The summed E-state index contributed by atoms with van der Waals surface area (Å²) in [6, 6.07) is 4.75. The van der Waals surface area contributed by atoms with Crippen molar-refractivity contribution in [1.29, 1.82) is 0 Å². The topological polar surface area (TPSA) is 20.3 Å². The maximum absolute atomic E-state index is 14.3. The lowest BCUT2D eigenvalue weighted by Crippen LogP contribution is -2.58. The Bertz CT molecular complexity index is 490. The van der Waals surface area contributed by atoms with Crippen molar-refractivity contribution in [2.45, 2.75) is 24.7 Å². The molecule has 1 amide bonds. The summed E-state index contributed by atoms with van der Waals surface area (Å²) in [5.74, 6) is -1.23. The molecule has 0 unspecified atom stereocenters. The third kappa shape index (κ3) is 3.26. The second kappa shape index (κ2) is 5.03. The van der Waals surface area contributed by atoms with E-state index in [9.17, 15) is 26.7 Å². The summed E-state index contributed by atoms with van der Waals surface area (Å²) in [7, 11) is 0. The summed E-state index contributed by atoms with van der Waals surface area (Å²) in [6.45, 7) is -0.593. The van der Waals surface area contributed by atoms with Gasteiger partial charge in [0.15, 0.2) is 5.67 Å². The normalized spacial score (nSPS) is 17.8. The highest BCUT2D eigenvalue weighted by molar-refractivity contribution is 5.77. The largest absolute Gasteiger partial charge is 0.389 e. The van der Waals surface area contributed by atoms with E-state index in [1.807, 2.05) is 0 Å². The Hall–Kier alpha value is -1.66. The fourth-order valence-electron chi connectivity index (χ4n) is 2.07. The van der Waals surface area contributed by atoms with Gasteiger partial charge in [0.2, 0.25) is 5.91 Å². The Morgan fingerprint density at radius 3 is 2.25 bits per heavy atom. The van der Waals surface area contributed by atoms with Gasteiger partial charge >= 0.3 is 6.18 Å². The molecule has 1 heterocycles. The zero-order valence-corrected chi connectivity index (χ0v) is 10.4. The molecule has 2 rings (SSSR count). The summed E-state index contributed by atoms with van der Waals surface area (Å²) >= 11 is 0. The summed E-state index contributed by atoms with van der Waals surface area (Å²) in [4.78, 5) is 12.5. The van der Waals surface area contributed by atoms with E-state index in [0.29, 0.717) is 0 Å². The van der Waals surface area contributed by atoms with E-state index in [1.165, 1.54) is 12.1 Å². The lowest BCUT2D eigenvalue weighted by molar-refractivity contribution is -0.158. The van der Waals surface area contributed by atoms with E-state index in [4.69, 9.17) is 0 Å². The van der Waals surface area contributed by atoms with Crippen LogP contribution in [-0.4, -0.2) is 30.1 Å². The number of rotatable bonds is 3. The SMILES string of the molecule is O=C(CCC(F)(F)F)N1CC(F)(c2ccc(F)cc2)C1. The van der Waals surface area contributed by atoms with Crippen molar-refractivity contribution in [2.75, 3.05) is 13.1 Å². The summed E-state index contributed by atoms with van der Waals surface area (Å²) in [6.07, 6.45) is -6.29. The molecule has 2 nitrogen and oxygen atoms in total. The van der Waals surface area contributed by atoms with Gasteiger partial charge < -0.3 is 4.90 Å². The second-order valence-corrected chi connectivity index (χ2v) is 4.84. The minimum Gasteiger partial charge on any atom is -0.335 e. The fourth-order valence-corrected chi connectivity index (χ4v) is 2.07. The van der Waals surface area contributed by atoms with Gasteiger partial charge in [-0.2, -0.15) is 13.2 Å². The number of hydrogen-bond donors (Lipinski definition) is 0. The van der Waals surface area contributed by atoms with Gasteiger partial charge in [-0.25, -0.2) is 8.78 Å². The first-order valence-electron chi connectivity index (χ1n) is 5.99.